The van der Waals surface area contributed by atoms with Crippen molar-refractivity contribution < 1.29 is 0 Å². The highest BCUT2D eigenvalue weighted by molar-refractivity contribution is 7.15. The Balaban J connectivity index is 2.04. The average molecular weight is 204 g/mol. The van der Waals surface area contributed by atoms with Gasteiger partial charge in [0.1, 0.15) is 16.2 Å². The monoisotopic (exact) mass is 204 g/mol. The fourth-order valence-electron chi connectivity index (χ4n) is 1.82. The molecule has 1 fully saturated rings. The highest BCUT2D eigenvalue weighted by atomic mass is 32.1. The first kappa shape index (κ1) is 8.17. The molecule has 0 aliphatic carbocycles. The maximum absolute atomic E-state index is 4.57. The van der Waals surface area contributed by atoms with Crippen LogP contribution in [0.5, 0.6) is 0 Å². The van der Waals surface area contributed by atoms with Crippen molar-refractivity contribution >= 4 is 27.5 Å². The minimum absolute atomic E-state index is 0.956. The van der Waals surface area contributed by atoms with E-state index in [9.17, 15) is 0 Å². The van der Waals surface area contributed by atoms with Crippen molar-refractivity contribution in [3.8, 4) is 0 Å². The number of rotatable bonds is 1. The van der Waals surface area contributed by atoms with Gasteiger partial charge < -0.3 is 4.90 Å². The highest BCUT2D eigenvalue weighted by Crippen LogP contribution is 2.22. The second-order valence-corrected chi connectivity index (χ2v) is 4.27. The van der Waals surface area contributed by atoms with Crippen LogP contribution in [0.15, 0.2) is 12.1 Å². The zero-order valence-electron chi connectivity index (χ0n) is 7.73. The molecule has 0 N–H and O–H groups in total. The molecular weight excluding hydrogens is 194 g/mol. The lowest BCUT2D eigenvalue weighted by Crippen LogP contribution is -2.18. The van der Waals surface area contributed by atoms with Gasteiger partial charge in [0, 0.05) is 13.1 Å². The summed E-state index contributed by atoms with van der Waals surface area (Å²) >= 11 is 1.49. The predicted molar refractivity (Wildman–Crippen MR) is 57.7 cm³/mol. The normalized spacial score (nSPS) is 16.7. The largest absolute Gasteiger partial charge is 0.357 e. The van der Waals surface area contributed by atoms with E-state index < -0.39 is 0 Å². The van der Waals surface area contributed by atoms with Gasteiger partial charge in [0.15, 0.2) is 5.51 Å². The lowest BCUT2D eigenvalue weighted by Gasteiger charge is -2.15. The van der Waals surface area contributed by atoms with E-state index in [-0.39, 0.29) is 0 Å². The van der Waals surface area contributed by atoms with Crippen molar-refractivity contribution in [3.63, 3.8) is 0 Å². The fraction of sp³-hybridized carbons (Fsp3) is 0.400. The number of pyridine rings is 1. The van der Waals surface area contributed by atoms with Gasteiger partial charge >= 0.3 is 0 Å². The summed E-state index contributed by atoms with van der Waals surface area (Å²) in [6.45, 7) is 2.28. The van der Waals surface area contributed by atoms with Crippen molar-refractivity contribution in [1.82, 2.24) is 9.97 Å². The molecule has 71 valence electrons. The summed E-state index contributed by atoms with van der Waals surface area (Å²) in [5.41, 5.74) is 3.82. The molecule has 0 atom stereocenters. The van der Waals surface area contributed by atoms with Gasteiger partial charge in [-0.15, -0.1) is 0 Å². The molecule has 3 nitrogen and oxygen atoms in total. The number of fused-ring (bicyclic) bond motifs is 1. The van der Waals surface area contributed by atoms with Gasteiger partial charge in [0.25, 0.3) is 0 Å². The number of hydrogen-bond donors (Lipinski definition) is 0. The summed E-state index contributed by atoms with van der Waals surface area (Å²) in [6, 6.07) is 4.09. The van der Waals surface area contributed by atoms with Crippen LogP contribution in [0.25, 0.3) is 10.3 Å². The summed E-state index contributed by atoms with van der Waals surface area (Å²) < 4.78 is 0. The summed E-state index contributed by atoms with van der Waals surface area (Å²) in [6.07, 6.45) is 2.57. The Bertz CT molecular complexity index is 445. The van der Waals surface area contributed by atoms with E-state index in [1.807, 2.05) is 6.07 Å². The van der Waals surface area contributed by atoms with Crippen LogP contribution < -0.4 is 4.90 Å². The Morgan fingerprint density at radius 2 is 2.14 bits per heavy atom. The van der Waals surface area contributed by atoms with E-state index in [0.29, 0.717) is 0 Å². The standard InChI is InChI=1S/C10H10N3S/c1-2-6-13(5-1)9-4-3-8-10(12-9)14-7-11-8/h3-4H,1-2,5-6H2. The van der Waals surface area contributed by atoms with Crippen molar-refractivity contribution in [2.45, 2.75) is 12.8 Å². The SMILES string of the molecule is [c]1nc2ccc(N3CCCC3)nc2s1. The maximum atomic E-state index is 4.57. The van der Waals surface area contributed by atoms with Gasteiger partial charge in [-0.2, -0.15) is 0 Å². The smallest absolute Gasteiger partial charge is 0.155 e. The Kier molecular flexibility index (Phi) is 1.87. The molecule has 14 heavy (non-hydrogen) atoms. The van der Waals surface area contributed by atoms with Gasteiger partial charge in [0.2, 0.25) is 0 Å². The third-order valence-electron chi connectivity index (χ3n) is 2.56. The number of aromatic nitrogens is 2. The van der Waals surface area contributed by atoms with Crippen LogP contribution in [0, 0.1) is 5.51 Å². The highest BCUT2D eigenvalue weighted by Gasteiger charge is 2.13. The first-order chi connectivity index (χ1) is 6.93. The molecule has 0 bridgehead atoms. The molecule has 4 heteroatoms. The number of hydrogen-bond acceptors (Lipinski definition) is 4. The first-order valence-corrected chi connectivity index (χ1v) is 5.64. The molecule has 1 aliphatic rings. The summed E-state index contributed by atoms with van der Waals surface area (Å²) in [5, 5.41) is 0. The molecule has 2 aromatic rings. The van der Waals surface area contributed by atoms with Gasteiger partial charge in [-0.1, -0.05) is 11.3 Å². The van der Waals surface area contributed by atoms with Crippen molar-refractivity contribution in [3.05, 3.63) is 17.6 Å². The molecule has 1 radical (unpaired) electrons. The average Bonchev–Trinajstić information content (AvgIpc) is 2.88. The van der Waals surface area contributed by atoms with Gasteiger partial charge in [0.05, 0.1) is 0 Å². The van der Waals surface area contributed by atoms with Crippen LogP contribution in [0.3, 0.4) is 0 Å². The second-order valence-electron chi connectivity index (χ2n) is 3.49. The molecule has 0 spiro atoms. The van der Waals surface area contributed by atoms with Crippen LogP contribution in [-0.2, 0) is 0 Å². The Morgan fingerprint density at radius 1 is 1.29 bits per heavy atom. The van der Waals surface area contributed by atoms with E-state index in [2.05, 4.69) is 26.4 Å². The van der Waals surface area contributed by atoms with E-state index in [1.54, 1.807) is 0 Å². The Morgan fingerprint density at radius 3 is 3.00 bits per heavy atom. The second kappa shape index (κ2) is 3.20. The minimum atomic E-state index is 0.956. The van der Waals surface area contributed by atoms with E-state index in [0.717, 1.165) is 29.3 Å². The molecule has 3 heterocycles. The third kappa shape index (κ3) is 1.26. The van der Waals surface area contributed by atoms with Gasteiger partial charge in [-0.05, 0) is 25.0 Å². The van der Waals surface area contributed by atoms with Gasteiger partial charge in [-0.3, -0.25) is 0 Å². The van der Waals surface area contributed by atoms with Crippen LogP contribution in [0.1, 0.15) is 12.8 Å². The molecule has 0 amide bonds. The molecule has 3 rings (SSSR count). The number of thiazole rings is 1. The predicted octanol–water partition coefficient (Wildman–Crippen LogP) is 2.09. The fourth-order valence-corrected chi connectivity index (χ4v) is 2.41. The van der Waals surface area contributed by atoms with Crippen molar-refractivity contribution in [1.29, 1.82) is 0 Å². The lowest BCUT2D eigenvalue weighted by atomic mass is 10.4. The van der Waals surface area contributed by atoms with Crippen LogP contribution in [0.2, 0.25) is 0 Å². The zero-order valence-corrected chi connectivity index (χ0v) is 8.55. The number of anilines is 1. The summed E-state index contributed by atoms with van der Waals surface area (Å²) in [5.74, 6) is 1.09. The van der Waals surface area contributed by atoms with E-state index in [1.165, 1.54) is 24.2 Å². The quantitative estimate of drug-likeness (QED) is 0.712. The molecule has 0 saturated carbocycles. The first-order valence-electron chi connectivity index (χ1n) is 4.82. The van der Waals surface area contributed by atoms with E-state index in [4.69, 9.17) is 0 Å². The Labute approximate surface area is 86.4 Å². The topological polar surface area (TPSA) is 29.0 Å². The molecule has 0 aromatic carbocycles. The number of nitrogens with zero attached hydrogens (tertiary/aromatic N) is 3. The lowest BCUT2D eigenvalue weighted by molar-refractivity contribution is 0.945. The van der Waals surface area contributed by atoms with E-state index >= 15 is 0 Å². The van der Waals surface area contributed by atoms with Crippen LogP contribution >= 0.6 is 11.3 Å². The van der Waals surface area contributed by atoms with Crippen LogP contribution in [-0.4, -0.2) is 23.1 Å². The van der Waals surface area contributed by atoms with Crippen molar-refractivity contribution in [2.75, 3.05) is 18.0 Å². The minimum Gasteiger partial charge on any atom is -0.357 e. The molecule has 0 unspecified atom stereocenters. The molecular formula is C10H10N3S. The molecule has 1 aliphatic heterocycles. The summed E-state index contributed by atoms with van der Waals surface area (Å²) in [7, 11) is 0. The van der Waals surface area contributed by atoms with Gasteiger partial charge in [-0.25, -0.2) is 9.97 Å². The molecule has 2 aromatic heterocycles. The van der Waals surface area contributed by atoms with Crippen LogP contribution in [0.4, 0.5) is 5.82 Å². The Hall–Kier alpha value is -1.16. The molecule has 1 saturated heterocycles. The zero-order chi connectivity index (χ0) is 9.38. The van der Waals surface area contributed by atoms with Crippen molar-refractivity contribution in [2.24, 2.45) is 0 Å². The maximum Gasteiger partial charge on any atom is 0.155 e. The summed E-state index contributed by atoms with van der Waals surface area (Å²) in [4.78, 5) is 12.0. The third-order valence-corrected chi connectivity index (χ3v) is 3.24.